The van der Waals surface area contributed by atoms with Gasteiger partial charge in [-0.1, -0.05) is 25.8 Å². The number of rotatable bonds is 7. The lowest BCUT2D eigenvalue weighted by Gasteiger charge is -2.25. The van der Waals surface area contributed by atoms with Gasteiger partial charge in [-0.25, -0.2) is 13.8 Å². The summed E-state index contributed by atoms with van der Waals surface area (Å²) >= 11 is 0. The molecule has 1 saturated heterocycles. The van der Waals surface area contributed by atoms with Gasteiger partial charge in [-0.15, -0.1) is 0 Å². The topological polar surface area (TPSA) is 78.8 Å². The van der Waals surface area contributed by atoms with Crippen LogP contribution in [-0.2, 0) is 10.0 Å². The van der Waals surface area contributed by atoms with Crippen molar-refractivity contribution in [2.75, 3.05) is 13.1 Å². The summed E-state index contributed by atoms with van der Waals surface area (Å²) in [7, 11) is -3.54. The van der Waals surface area contributed by atoms with Gasteiger partial charge in [0.1, 0.15) is 0 Å². The SMILES string of the molecule is CCCC/C(C)=N/NC(=O)c1cccc(S(=O)(=O)N2CCCCC2)c1. The Bertz CT molecular complexity index is 723. The van der Waals surface area contributed by atoms with E-state index in [1.54, 1.807) is 12.1 Å². The van der Waals surface area contributed by atoms with Crippen LogP contribution in [0.2, 0.25) is 0 Å². The minimum absolute atomic E-state index is 0.161. The summed E-state index contributed by atoms with van der Waals surface area (Å²) in [6.45, 7) is 5.05. The van der Waals surface area contributed by atoms with Crippen LogP contribution in [0.15, 0.2) is 34.3 Å². The summed E-state index contributed by atoms with van der Waals surface area (Å²) < 4.78 is 26.9. The summed E-state index contributed by atoms with van der Waals surface area (Å²) in [6.07, 6.45) is 5.74. The van der Waals surface area contributed by atoms with Crippen LogP contribution in [0.1, 0.15) is 62.7 Å². The number of sulfonamides is 1. The van der Waals surface area contributed by atoms with E-state index < -0.39 is 15.9 Å². The van der Waals surface area contributed by atoms with E-state index in [9.17, 15) is 13.2 Å². The maximum absolute atomic E-state index is 12.7. The Kier molecular flexibility index (Phi) is 7.13. The Hall–Kier alpha value is -1.73. The molecule has 1 N–H and O–H groups in total. The number of benzene rings is 1. The predicted octanol–water partition coefficient (Wildman–Crippen LogP) is 3.16. The van der Waals surface area contributed by atoms with Gasteiger partial charge in [-0.05, 0) is 50.8 Å². The number of carbonyl (C=O) groups excluding carboxylic acids is 1. The first-order chi connectivity index (χ1) is 11.9. The lowest BCUT2D eigenvalue weighted by Crippen LogP contribution is -2.35. The summed E-state index contributed by atoms with van der Waals surface area (Å²) in [4.78, 5) is 12.4. The van der Waals surface area contributed by atoms with Crippen LogP contribution >= 0.6 is 0 Å². The molecule has 1 aromatic rings. The van der Waals surface area contributed by atoms with Crippen molar-refractivity contribution >= 4 is 21.6 Å². The summed E-state index contributed by atoms with van der Waals surface area (Å²) in [6, 6.07) is 6.16. The van der Waals surface area contributed by atoms with Gasteiger partial charge >= 0.3 is 0 Å². The number of nitrogens with one attached hydrogen (secondary N) is 1. The molecule has 138 valence electrons. The monoisotopic (exact) mass is 365 g/mol. The van der Waals surface area contributed by atoms with E-state index in [0.29, 0.717) is 18.7 Å². The van der Waals surface area contributed by atoms with Crippen molar-refractivity contribution in [1.82, 2.24) is 9.73 Å². The molecule has 25 heavy (non-hydrogen) atoms. The zero-order valence-electron chi connectivity index (χ0n) is 15.0. The molecule has 2 rings (SSSR count). The molecule has 1 fully saturated rings. The van der Waals surface area contributed by atoms with E-state index in [1.165, 1.54) is 16.4 Å². The molecule has 0 atom stereocenters. The quantitative estimate of drug-likeness (QED) is 0.595. The van der Waals surface area contributed by atoms with Crippen molar-refractivity contribution in [2.45, 2.75) is 57.3 Å². The van der Waals surface area contributed by atoms with Crippen LogP contribution in [0.4, 0.5) is 0 Å². The second-order valence-corrected chi connectivity index (χ2v) is 8.32. The summed E-state index contributed by atoms with van der Waals surface area (Å²) in [5, 5.41) is 4.08. The third-order valence-electron chi connectivity index (χ3n) is 4.29. The fourth-order valence-corrected chi connectivity index (χ4v) is 4.31. The molecular formula is C18H27N3O3S. The van der Waals surface area contributed by atoms with Crippen LogP contribution < -0.4 is 5.43 Å². The lowest BCUT2D eigenvalue weighted by atomic mass is 10.2. The highest BCUT2D eigenvalue weighted by Crippen LogP contribution is 2.21. The van der Waals surface area contributed by atoms with Gasteiger partial charge in [0.2, 0.25) is 10.0 Å². The highest BCUT2D eigenvalue weighted by Gasteiger charge is 2.26. The van der Waals surface area contributed by atoms with Crippen molar-refractivity contribution in [2.24, 2.45) is 5.10 Å². The maximum Gasteiger partial charge on any atom is 0.271 e. The van der Waals surface area contributed by atoms with Crippen molar-refractivity contribution in [3.8, 4) is 0 Å². The highest BCUT2D eigenvalue weighted by molar-refractivity contribution is 7.89. The first-order valence-corrected chi connectivity index (χ1v) is 10.3. The Labute approximate surface area is 150 Å². The first-order valence-electron chi connectivity index (χ1n) is 8.89. The largest absolute Gasteiger partial charge is 0.271 e. The van der Waals surface area contributed by atoms with Crippen molar-refractivity contribution in [3.63, 3.8) is 0 Å². The van der Waals surface area contributed by atoms with Gasteiger partial charge in [0.15, 0.2) is 0 Å². The molecule has 1 aliphatic heterocycles. The second kappa shape index (κ2) is 9.10. The Morgan fingerprint density at radius 2 is 1.96 bits per heavy atom. The molecule has 0 spiro atoms. The minimum atomic E-state index is -3.54. The number of nitrogens with zero attached hydrogens (tertiary/aromatic N) is 2. The average Bonchev–Trinajstić information content (AvgIpc) is 2.65. The fraction of sp³-hybridized carbons (Fsp3) is 0.556. The molecule has 1 heterocycles. The third kappa shape index (κ3) is 5.37. The van der Waals surface area contributed by atoms with Crippen LogP contribution in [-0.4, -0.2) is 37.4 Å². The molecule has 6 nitrogen and oxygen atoms in total. The molecule has 0 unspecified atom stereocenters. The van der Waals surface area contributed by atoms with E-state index in [4.69, 9.17) is 0 Å². The van der Waals surface area contributed by atoms with Gasteiger partial charge in [0, 0.05) is 24.4 Å². The van der Waals surface area contributed by atoms with Gasteiger partial charge < -0.3 is 0 Å². The zero-order chi connectivity index (χ0) is 18.3. The van der Waals surface area contributed by atoms with Crippen molar-refractivity contribution in [3.05, 3.63) is 29.8 Å². The number of hydrogen-bond acceptors (Lipinski definition) is 4. The number of carbonyl (C=O) groups is 1. The van der Waals surface area contributed by atoms with Crippen LogP contribution in [0, 0.1) is 0 Å². The third-order valence-corrected chi connectivity index (χ3v) is 6.18. The van der Waals surface area contributed by atoms with Gasteiger partial charge in [-0.2, -0.15) is 9.41 Å². The molecule has 1 aliphatic rings. The van der Waals surface area contributed by atoms with Gasteiger partial charge in [0.05, 0.1) is 4.90 Å². The maximum atomic E-state index is 12.7. The molecule has 7 heteroatoms. The van der Waals surface area contributed by atoms with E-state index >= 15 is 0 Å². The summed E-state index contributed by atoms with van der Waals surface area (Å²) in [5.41, 5.74) is 3.66. The van der Waals surface area contributed by atoms with E-state index in [2.05, 4.69) is 17.5 Å². The smallest absolute Gasteiger partial charge is 0.267 e. The molecule has 0 aromatic heterocycles. The van der Waals surface area contributed by atoms with E-state index in [1.807, 2.05) is 6.92 Å². The second-order valence-electron chi connectivity index (χ2n) is 6.38. The van der Waals surface area contributed by atoms with Crippen molar-refractivity contribution < 1.29 is 13.2 Å². The van der Waals surface area contributed by atoms with Gasteiger partial charge in [0.25, 0.3) is 5.91 Å². The molecule has 1 aromatic carbocycles. The molecular weight excluding hydrogens is 338 g/mol. The van der Waals surface area contributed by atoms with Gasteiger partial charge in [-0.3, -0.25) is 4.79 Å². The number of hydrazone groups is 1. The van der Waals surface area contributed by atoms with Crippen LogP contribution in [0.25, 0.3) is 0 Å². The predicted molar refractivity (Wildman–Crippen MR) is 99.2 cm³/mol. The minimum Gasteiger partial charge on any atom is -0.267 e. The number of hydrogen-bond donors (Lipinski definition) is 1. The first kappa shape index (κ1) is 19.6. The molecule has 0 radical (unpaired) electrons. The Morgan fingerprint density at radius 3 is 2.64 bits per heavy atom. The van der Waals surface area contributed by atoms with E-state index in [-0.39, 0.29) is 4.90 Å². The van der Waals surface area contributed by atoms with E-state index in [0.717, 1.165) is 44.2 Å². The van der Waals surface area contributed by atoms with Crippen LogP contribution in [0.3, 0.4) is 0 Å². The fourth-order valence-electron chi connectivity index (χ4n) is 2.75. The normalized spacial score (nSPS) is 16.6. The zero-order valence-corrected chi connectivity index (χ0v) is 15.8. The average molecular weight is 365 g/mol. The van der Waals surface area contributed by atoms with Crippen molar-refractivity contribution in [1.29, 1.82) is 0 Å². The lowest BCUT2D eigenvalue weighted by molar-refractivity contribution is 0.0954. The Balaban J connectivity index is 2.11. The summed E-state index contributed by atoms with van der Waals surface area (Å²) in [5.74, 6) is -0.397. The molecule has 0 bridgehead atoms. The highest BCUT2D eigenvalue weighted by atomic mass is 32.2. The molecule has 0 saturated carbocycles. The molecule has 1 amide bonds. The number of unbranched alkanes of at least 4 members (excludes halogenated alkanes) is 1. The molecule has 0 aliphatic carbocycles. The number of amides is 1. The standard InChI is InChI=1S/C18H27N3O3S/c1-3-4-9-15(2)19-20-18(22)16-10-8-11-17(14-16)25(23,24)21-12-6-5-7-13-21/h8,10-11,14H,3-7,9,12-13H2,1-2H3,(H,20,22)/b19-15+. The number of piperidine rings is 1. The van der Waals surface area contributed by atoms with Crippen LogP contribution in [0.5, 0.6) is 0 Å². The Morgan fingerprint density at radius 1 is 1.24 bits per heavy atom.